The van der Waals surface area contributed by atoms with Gasteiger partial charge < -0.3 is 5.32 Å². The average Bonchev–Trinajstić information content (AvgIpc) is 2.73. The summed E-state index contributed by atoms with van der Waals surface area (Å²) in [6, 6.07) is 7.18. The summed E-state index contributed by atoms with van der Waals surface area (Å²) in [5.41, 5.74) is 0.560. The summed E-state index contributed by atoms with van der Waals surface area (Å²) in [7, 11) is 0. The smallest absolute Gasteiger partial charge is 0.253 e. The van der Waals surface area contributed by atoms with Crippen molar-refractivity contribution < 1.29 is 4.79 Å². The van der Waals surface area contributed by atoms with Gasteiger partial charge in [0.15, 0.2) is 0 Å². The number of amides is 1. The van der Waals surface area contributed by atoms with E-state index in [2.05, 4.69) is 10.3 Å². The van der Waals surface area contributed by atoms with Gasteiger partial charge in [0.05, 0.1) is 16.4 Å². The second-order valence-corrected chi connectivity index (χ2v) is 4.93. The van der Waals surface area contributed by atoms with E-state index in [0.717, 1.165) is 9.21 Å². The molecular formula is C11H9ClN2OS. The minimum absolute atomic E-state index is 0.127. The van der Waals surface area contributed by atoms with Gasteiger partial charge in [0.25, 0.3) is 5.91 Å². The van der Waals surface area contributed by atoms with Crippen LogP contribution in [0.4, 0.5) is 0 Å². The number of nitrogens with zero attached hydrogens (tertiary/aromatic N) is 1. The van der Waals surface area contributed by atoms with Gasteiger partial charge >= 0.3 is 0 Å². The Balaban J connectivity index is 1.94. The van der Waals surface area contributed by atoms with Gasteiger partial charge in [-0.25, -0.2) is 0 Å². The molecule has 1 N–H and O–H groups in total. The summed E-state index contributed by atoms with van der Waals surface area (Å²) in [4.78, 5) is 16.6. The molecule has 2 aromatic heterocycles. The lowest BCUT2D eigenvalue weighted by atomic mass is 10.3. The predicted molar refractivity (Wildman–Crippen MR) is 64.7 cm³/mol. The molecule has 2 rings (SSSR count). The summed E-state index contributed by atoms with van der Waals surface area (Å²) >= 11 is 7.25. The number of thiophene rings is 1. The molecule has 0 aliphatic carbocycles. The van der Waals surface area contributed by atoms with Crippen LogP contribution < -0.4 is 5.32 Å². The van der Waals surface area contributed by atoms with E-state index in [1.165, 1.54) is 17.5 Å². The first-order valence-corrected chi connectivity index (χ1v) is 5.87. The first-order chi connectivity index (χ1) is 7.75. The van der Waals surface area contributed by atoms with Crippen LogP contribution in [0.1, 0.15) is 15.2 Å². The maximum absolute atomic E-state index is 11.6. The highest BCUT2D eigenvalue weighted by Gasteiger charge is 2.05. The van der Waals surface area contributed by atoms with E-state index >= 15 is 0 Å². The molecule has 0 saturated heterocycles. The van der Waals surface area contributed by atoms with Crippen LogP contribution in [-0.4, -0.2) is 10.9 Å². The zero-order valence-corrected chi connectivity index (χ0v) is 9.89. The van der Waals surface area contributed by atoms with Crippen molar-refractivity contribution in [3.8, 4) is 0 Å². The molecule has 16 heavy (non-hydrogen) atoms. The van der Waals surface area contributed by atoms with Crippen LogP contribution in [0.5, 0.6) is 0 Å². The molecule has 1 amide bonds. The molecule has 0 spiro atoms. The van der Waals surface area contributed by atoms with Crippen LogP contribution in [0, 0.1) is 0 Å². The quantitative estimate of drug-likeness (QED) is 0.913. The van der Waals surface area contributed by atoms with E-state index in [1.54, 1.807) is 18.3 Å². The molecule has 0 aromatic carbocycles. The number of hydrogen-bond donors (Lipinski definition) is 1. The fourth-order valence-electron chi connectivity index (χ4n) is 1.21. The van der Waals surface area contributed by atoms with Crippen LogP contribution >= 0.6 is 22.9 Å². The fourth-order valence-corrected chi connectivity index (χ4v) is 2.24. The molecule has 0 unspecified atom stereocenters. The Morgan fingerprint density at radius 3 is 2.94 bits per heavy atom. The van der Waals surface area contributed by atoms with E-state index in [1.807, 2.05) is 12.1 Å². The predicted octanol–water partition coefficient (Wildman–Crippen LogP) is 2.73. The first kappa shape index (κ1) is 11.1. The third kappa shape index (κ3) is 2.81. The van der Waals surface area contributed by atoms with Gasteiger partial charge in [0.2, 0.25) is 0 Å². The van der Waals surface area contributed by atoms with Crippen LogP contribution in [0.25, 0.3) is 0 Å². The van der Waals surface area contributed by atoms with Gasteiger partial charge in [-0.2, -0.15) is 0 Å². The maximum atomic E-state index is 11.6. The van der Waals surface area contributed by atoms with Crippen molar-refractivity contribution in [3.63, 3.8) is 0 Å². The van der Waals surface area contributed by atoms with Crippen molar-refractivity contribution in [2.24, 2.45) is 0 Å². The summed E-state index contributed by atoms with van der Waals surface area (Å²) < 4.78 is 0.727. The molecule has 0 fully saturated rings. The highest BCUT2D eigenvalue weighted by atomic mass is 35.5. The van der Waals surface area contributed by atoms with Gasteiger partial charge in [-0.1, -0.05) is 11.6 Å². The summed E-state index contributed by atoms with van der Waals surface area (Å²) in [6.07, 6.45) is 3.17. The molecular weight excluding hydrogens is 244 g/mol. The molecule has 5 heteroatoms. The van der Waals surface area contributed by atoms with Crippen LogP contribution in [-0.2, 0) is 6.54 Å². The second-order valence-electron chi connectivity index (χ2n) is 3.13. The Bertz CT molecular complexity index is 484. The van der Waals surface area contributed by atoms with Crippen LogP contribution in [0.15, 0.2) is 36.7 Å². The molecule has 0 radical (unpaired) electrons. The Labute approximate surface area is 102 Å². The monoisotopic (exact) mass is 252 g/mol. The SMILES string of the molecule is O=C(NCc1ccc(Cl)s1)c1cccnc1. The Hall–Kier alpha value is -1.39. The Morgan fingerprint density at radius 1 is 1.44 bits per heavy atom. The highest BCUT2D eigenvalue weighted by Crippen LogP contribution is 2.21. The lowest BCUT2D eigenvalue weighted by Crippen LogP contribution is -2.22. The molecule has 82 valence electrons. The number of carbonyl (C=O) groups is 1. The highest BCUT2D eigenvalue weighted by molar-refractivity contribution is 7.16. The van der Waals surface area contributed by atoms with E-state index in [0.29, 0.717) is 12.1 Å². The zero-order chi connectivity index (χ0) is 11.4. The lowest BCUT2D eigenvalue weighted by Gasteiger charge is -2.02. The Morgan fingerprint density at radius 2 is 2.31 bits per heavy atom. The number of carbonyl (C=O) groups excluding carboxylic acids is 1. The van der Waals surface area contributed by atoms with Gasteiger partial charge in [-0.15, -0.1) is 11.3 Å². The van der Waals surface area contributed by atoms with Gasteiger partial charge in [-0.05, 0) is 24.3 Å². The van der Waals surface area contributed by atoms with Crippen LogP contribution in [0.3, 0.4) is 0 Å². The molecule has 0 bridgehead atoms. The molecule has 0 aliphatic rings. The Kier molecular flexibility index (Phi) is 3.54. The summed E-state index contributed by atoms with van der Waals surface area (Å²) in [6.45, 7) is 0.491. The number of nitrogens with one attached hydrogen (secondary N) is 1. The van der Waals surface area contributed by atoms with E-state index < -0.39 is 0 Å². The number of aromatic nitrogens is 1. The summed E-state index contributed by atoms with van der Waals surface area (Å²) in [5.74, 6) is -0.127. The minimum Gasteiger partial charge on any atom is -0.347 e. The molecule has 3 nitrogen and oxygen atoms in total. The molecule has 2 aromatic rings. The largest absolute Gasteiger partial charge is 0.347 e. The van der Waals surface area contributed by atoms with E-state index in [-0.39, 0.29) is 5.91 Å². The van der Waals surface area contributed by atoms with Crippen LogP contribution in [0.2, 0.25) is 4.34 Å². The second kappa shape index (κ2) is 5.09. The van der Waals surface area contributed by atoms with Gasteiger partial charge in [0.1, 0.15) is 0 Å². The van der Waals surface area contributed by atoms with Gasteiger partial charge in [0, 0.05) is 17.3 Å². The fraction of sp³-hybridized carbons (Fsp3) is 0.0909. The number of rotatable bonds is 3. The number of hydrogen-bond acceptors (Lipinski definition) is 3. The van der Waals surface area contributed by atoms with E-state index in [9.17, 15) is 4.79 Å². The standard InChI is InChI=1S/C11H9ClN2OS/c12-10-4-3-9(16-10)7-14-11(15)8-2-1-5-13-6-8/h1-6H,7H2,(H,14,15). The molecule has 2 heterocycles. The third-order valence-electron chi connectivity index (χ3n) is 1.98. The van der Waals surface area contributed by atoms with Crippen molar-refractivity contribution in [1.29, 1.82) is 0 Å². The first-order valence-electron chi connectivity index (χ1n) is 4.68. The molecule has 0 saturated carbocycles. The lowest BCUT2D eigenvalue weighted by molar-refractivity contribution is 0.0951. The van der Waals surface area contributed by atoms with Crippen molar-refractivity contribution >= 4 is 28.8 Å². The van der Waals surface area contributed by atoms with Crippen molar-refractivity contribution in [2.45, 2.75) is 6.54 Å². The molecule has 0 aliphatic heterocycles. The van der Waals surface area contributed by atoms with Crippen molar-refractivity contribution in [2.75, 3.05) is 0 Å². The number of pyridine rings is 1. The topological polar surface area (TPSA) is 42.0 Å². The molecule has 0 atom stereocenters. The third-order valence-corrected chi connectivity index (χ3v) is 3.21. The zero-order valence-electron chi connectivity index (χ0n) is 8.31. The van der Waals surface area contributed by atoms with E-state index in [4.69, 9.17) is 11.6 Å². The van der Waals surface area contributed by atoms with Gasteiger partial charge in [-0.3, -0.25) is 9.78 Å². The van der Waals surface area contributed by atoms with Crippen molar-refractivity contribution in [1.82, 2.24) is 10.3 Å². The van der Waals surface area contributed by atoms with Crippen molar-refractivity contribution in [3.05, 3.63) is 51.4 Å². The number of halogens is 1. The minimum atomic E-state index is -0.127. The summed E-state index contributed by atoms with van der Waals surface area (Å²) in [5, 5.41) is 2.80. The maximum Gasteiger partial charge on any atom is 0.253 e. The average molecular weight is 253 g/mol. The normalized spacial score (nSPS) is 10.1.